The van der Waals surface area contributed by atoms with Crippen molar-refractivity contribution >= 4 is 5.97 Å². The number of carbonyl (C=O) groups excluding carboxylic acids is 1. The Bertz CT molecular complexity index is 825. The predicted octanol–water partition coefficient (Wildman–Crippen LogP) is 3.41. The number of methoxy groups -OCH3 is 1. The molecule has 0 spiro atoms. The number of hydrogen-bond donors (Lipinski definition) is 0. The third-order valence-electron chi connectivity index (χ3n) is 3.50. The molecule has 5 nitrogen and oxygen atoms in total. The monoisotopic (exact) mass is 308 g/mol. The lowest BCUT2D eigenvalue weighted by Crippen LogP contribution is -2.10. The van der Waals surface area contributed by atoms with Crippen molar-refractivity contribution in [1.82, 2.24) is 9.78 Å². The molecule has 0 N–H and O–H groups in total. The molecule has 3 aromatic rings. The fourth-order valence-electron chi connectivity index (χ4n) is 2.30. The molecule has 0 unspecified atom stereocenters. The highest BCUT2D eigenvalue weighted by Gasteiger charge is 2.18. The number of carbonyl (C=O) groups is 1. The van der Waals surface area contributed by atoms with Gasteiger partial charge in [0.1, 0.15) is 5.56 Å². The fourth-order valence-corrected chi connectivity index (χ4v) is 2.30. The summed E-state index contributed by atoms with van der Waals surface area (Å²) < 4.78 is 12.3. The van der Waals surface area contributed by atoms with Gasteiger partial charge in [-0.15, -0.1) is 0 Å². The molecule has 2 aromatic carbocycles. The first-order valence-electron chi connectivity index (χ1n) is 7.16. The highest BCUT2D eigenvalue weighted by Crippen LogP contribution is 2.27. The first kappa shape index (κ1) is 14.8. The summed E-state index contributed by atoms with van der Waals surface area (Å²) in [6.07, 6.45) is 1.51. The van der Waals surface area contributed by atoms with Crippen LogP contribution >= 0.6 is 0 Å². The molecule has 0 amide bonds. The molecule has 0 bridgehead atoms. The predicted molar refractivity (Wildman–Crippen MR) is 86.3 cm³/mol. The lowest BCUT2D eigenvalue weighted by atomic mass is 10.2. The van der Waals surface area contributed by atoms with Crippen molar-refractivity contribution in [3.8, 4) is 17.2 Å². The average Bonchev–Trinajstić information content (AvgIpc) is 2.98. The summed E-state index contributed by atoms with van der Waals surface area (Å²) in [5.41, 5.74) is 2.03. The molecule has 1 heterocycles. The Morgan fingerprint density at radius 1 is 1.00 bits per heavy atom. The van der Waals surface area contributed by atoms with Gasteiger partial charge in [-0.05, 0) is 31.2 Å². The normalized spacial score (nSPS) is 10.3. The van der Waals surface area contributed by atoms with E-state index in [0.29, 0.717) is 17.1 Å². The zero-order valence-electron chi connectivity index (χ0n) is 12.9. The van der Waals surface area contributed by atoms with Gasteiger partial charge >= 0.3 is 5.97 Å². The molecule has 0 fully saturated rings. The standard InChI is InChI=1S/C18H16N2O3/c1-13-15(12-19-20(13)14-8-4-3-5-9-14)18(21)23-17-11-7-6-10-16(17)22-2/h3-12H,1-2H3. The Morgan fingerprint density at radius 3 is 2.35 bits per heavy atom. The summed E-state index contributed by atoms with van der Waals surface area (Å²) in [7, 11) is 1.53. The van der Waals surface area contributed by atoms with Crippen LogP contribution in [0.15, 0.2) is 60.8 Å². The van der Waals surface area contributed by atoms with Crippen molar-refractivity contribution in [1.29, 1.82) is 0 Å². The first-order valence-corrected chi connectivity index (χ1v) is 7.16. The fraction of sp³-hybridized carbons (Fsp3) is 0.111. The second-order valence-corrected chi connectivity index (χ2v) is 4.93. The SMILES string of the molecule is COc1ccccc1OC(=O)c1cnn(-c2ccccc2)c1C. The van der Waals surface area contributed by atoms with Gasteiger partial charge < -0.3 is 9.47 Å². The Kier molecular flexibility index (Phi) is 4.10. The van der Waals surface area contributed by atoms with Crippen LogP contribution in [-0.4, -0.2) is 22.9 Å². The number of rotatable bonds is 4. The Hall–Kier alpha value is -3.08. The van der Waals surface area contributed by atoms with Gasteiger partial charge in [-0.2, -0.15) is 5.10 Å². The number of hydrogen-bond acceptors (Lipinski definition) is 4. The number of nitrogens with zero attached hydrogens (tertiary/aromatic N) is 2. The van der Waals surface area contributed by atoms with Crippen LogP contribution in [0.5, 0.6) is 11.5 Å². The van der Waals surface area contributed by atoms with Crippen LogP contribution in [-0.2, 0) is 0 Å². The van der Waals surface area contributed by atoms with Crippen LogP contribution in [0.2, 0.25) is 0 Å². The number of benzene rings is 2. The molecule has 0 saturated carbocycles. The van der Waals surface area contributed by atoms with Crippen LogP contribution in [0.25, 0.3) is 5.69 Å². The number of esters is 1. The minimum absolute atomic E-state index is 0.381. The molecule has 0 atom stereocenters. The van der Waals surface area contributed by atoms with Crippen LogP contribution in [0.1, 0.15) is 16.1 Å². The second kappa shape index (κ2) is 6.36. The van der Waals surface area contributed by atoms with Gasteiger partial charge in [-0.25, -0.2) is 9.48 Å². The Morgan fingerprint density at radius 2 is 1.65 bits per heavy atom. The number of para-hydroxylation sites is 3. The number of aromatic nitrogens is 2. The third-order valence-corrected chi connectivity index (χ3v) is 3.50. The molecule has 0 aliphatic rings. The first-order chi connectivity index (χ1) is 11.2. The van der Waals surface area contributed by atoms with E-state index in [9.17, 15) is 4.79 Å². The van der Waals surface area contributed by atoms with Gasteiger partial charge in [0.2, 0.25) is 0 Å². The van der Waals surface area contributed by atoms with E-state index in [1.165, 1.54) is 13.3 Å². The molecule has 116 valence electrons. The lowest BCUT2D eigenvalue weighted by Gasteiger charge is -2.09. The second-order valence-electron chi connectivity index (χ2n) is 4.93. The quantitative estimate of drug-likeness (QED) is 0.547. The van der Waals surface area contributed by atoms with E-state index in [4.69, 9.17) is 9.47 Å². The molecular formula is C18H16N2O3. The summed E-state index contributed by atoms with van der Waals surface area (Å²) >= 11 is 0. The lowest BCUT2D eigenvalue weighted by molar-refractivity contribution is 0.0729. The highest BCUT2D eigenvalue weighted by atomic mass is 16.6. The maximum Gasteiger partial charge on any atom is 0.347 e. The molecule has 1 aromatic heterocycles. The van der Waals surface area contributed by atoms with E-state index in [0.717, 1.165) is 11.4 Å². The molecule has 23 heavy (non-hydrogen) atoms. The maximum absolute atomic E-state index is 12.4. The van der Waals surface area contributed by atoms with E-state index < -0.39 is 5.97 Å². The van der Waals surface area contributed by atoms with Crippen molar-refractivity contribution in [3.05, 3.63) is 72.1 Å². The molecule has 0 saturated heterocycles. The van der Waals surface area contributed by atoms with Gasteiger partial charge in [-0.1, -0.05) is 30.3 Å². The van der Waals surface area contributed by atoms with E-state index >= 15 is 0 Å². The van der Waals surface area contributed by atoms with E-state index in [1.54, 1.807) is 22.9 Å². The van der Waals surface area contributed by atoms with Crippen molar-refractivity contribution in [3.63, 3.8) is 0 Å². The molecule has 3 rings (SSSR count). The molecule has 5 heteroatoms. The van der Waals surface area contributed by atoms with Crippen molar-refractivity contribution in [2.75, 3.05) is 7.11 Å². The summed E-state index contributed by atoms with van der Waals surface area (Å²) in [5, 5.41) is 4.28. The summed E-state index contributed by atoms with van der Waals surface area (Å²) in [5.74, 6) is 0.426. The molecule has 0 aliphatic carbocycles. The van der Waals surface area contributed by atoms with Gasteiger partial charge in [0.05, 0.1) is 24.7 Å². The topological polar surface area (TPSA) is 53.4 Å². The Balaban J connectivity index is 1.88. The van der Waals surface area contributed by atoms with Crippen molar-refractivity contribution in [2.45, 2.75) is 6.92 Å². The van der Waals surface area contributed by atoms with Crippen LogP contribution < -0.4 is 9.47 Å². The third kappa shape index (κ3) is 2.94. The minimum atomic E-state index is -0.464. The van der Waals surface area contributed by atoms with Gasteiger partial charge in [0.15, 0.2) is 11.5 Å². The van der Waals surface area contributed by atoms with Gasteiger partial charge in [0, 0.05) is 0 Å². The van der Waals surface area contributed by atoms with Crippen LogP contribution in [0, 0.1) is 6.92 Å². The molecule has 0 aliphatic heterocycles. The van der Waals surface area contributed by atoms with E-state index in [-0.39, 0.29) is 0 Å². The smallest absolute Gasteiger partial charge is 0.347 e. The Labute approximate surface area is 134 Å². The largest absolute Gasteiger partial charge is 0.493 e. The zero-order valence-corrected chi connectivity index (χ0v) is 12.9. The summed E-state index contributed by atoms with van der Waals surface area (Å²) in [6.45, 7) is 1.83. The minimum Gasteiger partial charge on any atom is -0.493 e. The van der Waals surface area contributed by atoms with Crippen LogP contribution in [0.3, 0.4) is 0 Å². The van der Waals surface area contributed by atoms with E-state index in [2.05, 4.69) is 5.10 Å². The summed E-state index contributed by atoms with van der Waals surface area (Å²) in [4.78, 5) is 12.4. The average molecular weight is 308 g/mol. The van der Waals surface area contributed by atoms with Crippen molar-refractivity contribution < 1.29 is 14.3 Å². The van der Waals surface area contributed by atoms with Crippen molar-refractivity contribution in [2.24, 2.45) is 0 Å². The number of ether oxygens (including phenoxy) is 2. The van der Waals surface area contributed by atoms with Crippen LogP contribution in [0.4, 0.5) is 0 Å². The molecular weight excluding hydrogens is 292 g/mol. The zero-order chi connectivity index (χ0) is 16.2. The molecule has 0 radical (unpaired) electrons. The van der Waals surface area contributed by atoms with E-state index in [1.807, 2.05) is 43.3 Å². The van der Waals surface area contributed by atoms with Gasteiger partial charge in [-0.3, -0.25) is 0 Å². The summed E-state index contributed by atoms with van der Waals surface area (Å²) in [6, 6.07) is 16.6. The highest BCUT2D eigenvalue weighted by molar-refractivity contribution is 5.92. The maximum atomic E-state index is 12.4. The van der Waals surface area contributed by atoms with Gasteiger partial charge in [0.25, 0.3) is 0 Å².